The highest BCUT2D eigenvalue weighted by Crippen LogP contribution is 2.22. The van der Waals surface area contributed by atoms with Crippen molar-refractivity contribution in [1.82, 2.24) is 10.2 Å². The van der Waals surface area contributed by atoms with Crippen LogP contribution >= 0.6 is 0 Å². The lowest BCUT2D eigenvalue weighted by molar-refractivity contribution is -0.124. The third kappa shape index (κ3) is 3.33. The maximum atomic E-state index is 11.4. The van der Waals surface area contributed by atoms with Crippen LogP contribution in [-0.2, 0) is 4.79 Å². The number of nitrogens with zero attached hydrogens (tertiary/aromatic N) is 1. The van der Waals surface area contributed by atoms with E-state index < -0.39 is 0 Å². The van der Waals surface area contributed by atoms with Crippen LogP contribution in [0.4, 0.5) is 0 Å². The molecule has 0 aromatic heterocycles. The fourth-order valence-electron chi connectivity index (χ4n) is 2.99. The minimum absolute atomic E-state index is 0.0356. The van der Waals surface area contributed by atoms with Crippen molar-refractivity contribution in [3.8, 4) is 0 Å². The van der Waals surface area contributed by atoms with Gasteiger partial charge in [0.2, 0.25) is 5.91 Å². The van der Waals surface area contributed by atoms with Gasteiger partial charge < -0.3 is 11.1 Å². The molecule has 1 atom stereocenters. The van der Waals surface area contributed by atoms with Gasteiger partial charge in [-0.15, -0.1) is 0 Å². The highest BCUT2D eigenvalue weighted by atomic mass is 16.2. The molecule has 1 heterocycles. The summed E-state index contributed by atoms with van der Waals surface area (Å²) >= 11 is 0. The molecule has 0 bridgehead atoms. The van der Waals surface area contributed by atoms with Gasteiger partial charge in [0.15, 0.2) is 0 Å². The van der Waals surface area contributed by atoms with Gasteiger partial charge in [-0.25, -0.2) is 0 Å². The van der Waals surface area contributed by atoms with E-state index in [9.17, 15) is 4.79 Å². The van der Waals surface area contributed by atoms with Gasteiger partial charge in [-0.3, -0.25) is 9.69 Å². The first-order valence-corrected chi connectivity index (χ1v) is 6.79. The maximum Gasteiger partial charge on any atom is 0.234 e. The number of hydrogen-bond acceptors (Lipinski definition) is 3. The largest absolute Gasteiger partial charge is 0.354 e. The molecule has 1 aromatic rings. The van der Waals surface area contributed by atoms with Crippen LogP contribution in [0.5, 0.6) is 0 Å². The fourth-order valence-corrected chi connectivity index (χ4v) is 2.99. The zero-order chi connectivity index (χ0) is 14.0. The average molecular weight is 261 g/mol. The fraction of sp³-hybridized carbons (Fsp3) is 0.533. The molecule has 1 aromatic carbocycles. The molecule has 104 valence electrons. The number of piperazine rings is 1. The van der Waals surface area contributed by atoms with Crippen molar-refractivity contribution in [3.63, 3.8) is 0 Å². The molecule has 1 aliphatic heterocycles. The molecule has 1 fully saturated rings. The Morgan fingerprint density at radius 2 is 1.95 bits per heavy atom. The zero-order valence-electron chi connectivity index (χ0n) is 12.0. The topological polar surface area (TPSA) is 58.4 Å². The summed E-state index contributed by atoms with van der Waals surface area (Å²) in [6.07, 6.45) is 0. The smallest absolute Gasteiger partial charge is 0.234 e. The summed E-state index contributed by atoms with van der Waals surface area (Å²) in [7, 11) is 0. The third-order valence-electron chi connectivity index (χ3n) is 3.68. The number of aryl methyl sites for hydroxylation is 3. The molecular formula is C15H23N3O. The van der Waals surface area contributed by atoms with Crippen molar-refractivity contribution in [2.45, 2.75) is 26.8 Å². The SMILES string of the molecule is Cc1cc(C)c(C(N)CN2CCNC(=O)C2)c(C)c1. The number of amides is 1. The molecule has 1 aliphatic rings. The Morgan fingerprint density at radius 1 is 1.32 bits per heavy atom. The molecule has 3 N–H and O–H groups in total. The number of rotatable bonds is 3. The first-order valence-electron chi connectivity index (χ1n) is 6.79. The lowest BCUT2D eigenvalue weighted by atomic mass is 9.94. The number of nitrogens with two attached hydrogens (primary N) is 1. The predicted molar refractivity (Wildman–Crippen MR) is 77.0 cm³/mol. The Hall–Kier alpha value is -1.39. The van der Waals surface area contributed by atoms with Gasteiger partial charge in [-0.1, -0.05) is 17.7 Å². The number of benzene rings is 1. The van der Waals surface area contributed by atoms with Crippen LogP contribution in [0.3, 0.4) is 0 Å². The first kappa shape index (κ1) is 14.0. The van der Waals surface area contributed by atoms with Crippen LogP contribution in [0, 0.1) is 20.8 Å². The summed E-state index contributed by atoms with van der Waals surface area (Å²) in [5.74, 6) is 0.0933. The second kappa shape index (κ2) is 5.72. The third-order valence-corrected chi connectivity index (χ3v) is 3.68. The van der Waals surface area contributed by atoms with Crippen molar-refractivity contribution in [1.29, 1.82) is 0 Å². The van der Waals surface area contributed by atoms with E-state index in [1.807, 2.05) is 0 Å². The van der Waals surface area contributed by atoms with E-state index in [0.717, 1.165) is 19.6 Å². The summed E-state index contributed by atoms with van der Waals surface area (Å²) in [5.41, 5.74) is 11.3. The van der Waals surface area contributed by atoms with Gasteiger partial charge in [0.25, 0.3) is 0 Å². The molecule has 0 spiro atoms. The Labute approximate surface area is 115 Å². The lowest BCUT2D eigenvalue weighted by Crippen LogP contribution is -2.49. The Kier molecular flexibility index (Phi) is 4.22. The van der Waals surface area contributed by atoms with Crippen molar-refractivity contribution in [3.05, 3.63) is 34.4 Å². The van der Waals surface area contributed by atoms with E-state index in [2.05, 4.69) is 43.1 Å². The van der Waals surface area contributed by atoms with Gasteiger partial charge in [-0.05, 0) is 37.5 Å². The molecule has 4 heteroatoms. The first-order chi connectivity index (χ1) is 8.97. The van der Waals surface area contributed by atoms with E-state index >= 15 is 0 Å². The van der Waals surface area contributed by atoms with Crippen LogP contribution in [-0.4, -0.2) is 37.0 Å². The van der Waals surface area contributed by atoms with Crippen molar-refractivity contribution >= 4 is 5.91 Å². The monoisotopic (exact) mass is 261 g/mol. The predicted octanol–water partition coefficient (Wildman–Crippen LogP) is 1.04. The number of carbonyl (C=O) groups is 1. The summed E-state index contributed by atoms with van der Waals surface area (Å²) in [5, 5.41) is 2.83. The molecular weight excluding hydrogens is 238 g/mol. The summed E-state index contributed by atoms with van der Waals surface area (Å²) in [6.45, 7) is 9.11. The lowest BCUT2D eigenvalue weighted by Gasteiger charge is -2.30. The Morgan fingerprint density at radius 3 is 2.53 bits per heavy atom. The summed E-state index contributed by atoms with van der Waals surface area (Å²) in [6, 6.07) is 4.31. The molecule has 4 nitrogen and oxygen atoms in total. The molecule has 19 heavy (non-hydrogen) atoms. The van der Waals surface area contributed by atoms with Gasteiger partial charge in [0.1, 0.15) is 0 Å². The van der Waals surface area contributed by atoms with E-state index in [0.29, 0.717) is 6.54 Å². The van der Waals surface area contributed by atoms with E-state index in [1.54, 1.807) is 0 Å². The molecule has 0 aliphatic carbocycles. The standard InChI is InChI=1S/C15H23N3O/c1-10-6-11(2)15(12(3)7-10)13(16)8-18-5-4-17-14(19)9-18/h6-7,13H,4-5,8-9,16H2,1-3H3,(H,17,19). The van der Waals surface area contributed by atoms with Crippen LogP contribution in [0.1, 0.15) is 28.3 Å². The number of hydrogen-bond donors (Lipinski definition) is 2. The van der Waals surface area contributed by atoms with Gasteiger partial charge >= 0.3 is 0 Å². The van der Waals surface area contributed by atoms with Gasteiger partial charge in [0.05, 0.1) is 6.54 Å². The van der Waals surface area contributed by atoms with E-state index in [-0.39, 0.29) is 11.9 Å². The minimum atomic E-state index is -0.0356. The number of nitrogens with one attached hydrogen (secondary N) is 1. The molecule has 1 unspecified atom stereocenters. The van der Waals surface area contributed by atoms with Crippen molar-refractivity contribution in [2.24, 2.45) is 5.73 Å². The summed E-state index contributed by atoms with van der Waals surface area (Å²) < 4.78 is 0. The molecule has 1 amide bonds. The van der Waals surface area contributed by atoms with Crippen LogP contribution in [0.25, 0.3) is 0 Å². The summed E-state index contributed by atoms with van der Waals surface area (Å²) in [4.78, 5) is 13.5. The second-order valence-electron chi connectivity index (χ2n) is 5.50. The van der Waals surface area contributed by atoms with Crippen LogP contribution in [0.15, 0.2) is 12.1 Å². The van der Waals surface area contributed by atoms with Crippen molar-refractivity contribution in [2.75, 3.05) is 26.2 Å². The highest BCUT2D eigenvalue weighted by Gasteiger charge is 2.20. The maximum absolute atomic E-state index is 11.4. The Balaban J connectivity index is 2.11. The van der Waals surface area contributed by atoms with Gasteiger partial charge in [0, 0.05) is 25.7 Å². The normalized spacial score (nSPS) is 18.2. The van der Waals surface area contributed by atoms with Crippen LogP contribution in [0.2, 0.25) is 0 Å². The number of carbonyl (C=O) groups excluding carboxylic acids is 1. The van der Waals surface area contributed by atoms with Crippen LogP contribution < -0.4 is 11.1 Å². The van der Waals surface area contributed by atoms with Gasteiger partial charge in [-0.2, -0.15) is 0 Å². The molecule has 2 rings (SSSR count). The quantitative estimate of drug-likeness (QED) is 0.855. The highest BCUT2D eigenvalue weighted by molar-refractivity contribution is 5.78. The second-order valence-corrected chi connectivity index (χ2v) is 5.50. The molecule has 1 saturated heterocycles. The van der Waals surface area contributed by atoms with Crippen molar-refractivity contribution < 1.29 is 4.79 Å². The zero-order valence-corrected chi connectivity index (χ0v) is 12.0. The van der Waals surface area contributed by atoms with E-state index in [1.165, 1.54) is 22.3 Å². The Bertz CT molecular complexity index is 461. The molecule has 0 radical (unpaired) electrons. The minimum Gasteiger partial charge on any atom is -0.354 e. The molecule has 0 saturated carbocycles. The average Bonchev–Trinajstić information content (AvgIpc) is 2.27. The van der Waals surface area contributed by atoms with E-state index in [4.69, 9.17) is 5.73 Å².